The third-order valence-electron chi connectivity index (χ3n) is 4.71. The van der Waals surface area contributed by atoms with Crippen molar-refractivity contribution in [2.24, 2.45) is 0 Å². The van der Waals surface area contributed by atoms with Crippen molar-refractivity contribution < 1.29 is 8.78 Å². The third-order valence-corrected chi connectivity index (χ3v) is 5.02. The number of aromatic nitrogens is 5. The molecule has 1 atom stereocenters. The number of hydrogen-bond acceptors (Lipinski definition) is 9. The van der Waals surface area contributed by atoms with Gasteiger partial charge < -0.3 is 16.8 Å². The van der Waals surface area contributed by atoms with Crippen molar-refractivity contribution in [1.29, 1.82) is 5.26 Å². The Morgan fingerprint density at radius 2 is 1.97 bits per heavy atom. The van der Waals surface area contributed by atoms with E-state index < -0.39 is 23.2 Å². The minimum atomic E-state index is -0.885. The molecule has 166 valence electrons. The van der Waals surface area contributed by atoms with Gasteiger partial charge in [0.2, 0.25) is 5.95 Å². The molecule has 1 aromatic carbocycles. The number of anilines is 3. The van der Waals surface area contributed by atoms with Crippen LogP contribution in [0.3, 0.4) is 0 Å². The molecule has 5 N–H and O–H groups in total. The molecular weight excluding hydrogens is 456 g/mol. The second-order valence-electron chi connectivity index (χ2n) is 6.89. The minimum absolute atomic E-state index is 0.0279. The number of fused-ring (bicyclic) bond motifs is 1. The van der Waals surface area contributed by atoms with Crippen LogP contribution in [0, 0.1) is 23.0 Å². The Hall–Kier alpha value is -4.37. The Balaban J connectivity index is 1.99. The maximum atomic E-state index is 14.6. The van der Waals surface area contributed by atoms with Gasteiger partial charge in [0.15, 0.2) is 5.82 Å². The Morgan fingerprint density at radius 3 is 2.67 bits per heavy atom. The molecule has 0 saturated carbocycles. The predicted octanol–water partition coefficient (Wildman–Crippen LogP) is 2.71. The number of nitrogen functional groups attached to an aromatic ring is 2. The van der Waals surface area contributed by atoms with Crippen LogP contribution in [0.2, 0.25) is 5.02 Å². The van der Waals surface area contributed by atoms with Crippen molar-refractivity contribution in [2.75, 3.05) is 16.8 Å². The van der Waals surface area contributed by atoms with E-state index in [-0.39, 0.29) is 50.6 Å². The summed E-state index contributed by atoms with van der Waals surface area (Å²) in [6, 6.07) is 4.34. The van der Waals surface area contributed by atoms with E-state index in [1.165, 1.54) is 12.3 Å². The fourth-order valence-corrected chi connectivity index (χ4v) is 3.51. The largest absolute Gasteiger partial charge is 0.382 e. The number of rotatable bonds is 4. The molecule has 0 aliphatic carbocycles. The number of benzene rings is 1. The van der Waals surface area contributed by atoms with E-state index in [2.05, 4.69) is 25.3 Å². The average molecular weight is 470 g/mol. The number of halogens is 3. The zero-order valence-electron chi connectivity index (χ0n) is 16.8. The van der Waals surface area contributed by atoms with Gasteiger partial charge in [-0.05, 0) is 19.1 Å². The molecule has 3 aromatic heterocycles. The summed E-state index contributed by atoms with van der Waals surface area (Å²) in [5.74, 6) is -1.91. The summed E-state index contributed by atoms with van der Waals surface area (Å²) >= 11 is 6.16. The van der Waals surface area contributed by atoms with Crippen LogP contribution >= 0.6 is 11.6 Å². The van der Waals surface area contributed by atoms with Crippen molar-refractivity contribution >= 4 is 40.1 Å². The van der Waals surface area contributed by atoms with Gasteiger partial charge in [0.05, 0.1) is 34.5 Å². The Bertz CT molecular complexity index is 1520. The molecule has 10 nitrogen and oxygen atoms in total. The fraction of sp³-hybridized carbons (Fsp3) is 0.100. The monoisotopic (exact) mass is 469 g/mol. The minimum Gasteiger partial charge on any atom is -0.382 e. The second kappa shape index (κ2) is 8.29. The molecule has 0 fully saturated rings. The zero-order valence-corrected chi connectivity index (χ0v) is 17.6. The van der Waals surface area contributed by atoms with E-state index in [1.807, 2.05) is 6.07 Å². The zero-order chi connectivity index (χ0) is 23.9. The summed E-state index contributed by atoms with van der Waals surface area (Å²) in [6.07, 6.45) is 2.20. The van der Waals surface area contributed by atoms with Crippen molar-refractivity contribution in [3.8, 4) is 11.8 Å². The van der Waals surface area contributed by atoms with E-state index in [9.17, 15) is 18.8 Å². The van der Waals surface area contributed by atoms with Crippen LogP contribution in [0.15, 0.2) is 35.4 Å². The van der Waals surface area contributed by atoms with Gasteiger partial charge in [0.1, 0.15) is 40.4 Å². The van der Waals surface area contributed by atoms with Crippen molar-refractivity contribution in [3.05, 3.63) is 69.0 Å². The molecule has 0 amide bonds. The molecule has 0 spiro atoms. The molecule has 3 heterocycles. The molecule has 13 heteroatoms. The maximum absolute atomic E-state index is 14.6. The summed E-state index contributed by atoms with van der Waals surface area (Å²) in [6.45, 7) is 1.56. The second-order valence-corrected chi connectivity index (χ2v) is 7.30. The topological polar surface area (TPSA) is 161 Å². The first-order valence-electron chi connectivity index (χ1n) is 9.32. The lowest BCUT2D eigenvalue weighted by atomic mass is 10.2. The quantitative estimate of drug-likeness (QED) is 0.408. The lowest BCUT2D eigenvalue weighted by molar-refractivity contribution is 0.616. The van der Waals surface area contributed by atoms with E-state index in [4.69, 9.17) is 23.1 Å². The number of pyridine rings is 1. The normalized spacial score (nSPS) is 11.8. The number of nitrogens with two attached hydrogens (primary N) is 2. The summed E-state index contributed by atoms with van der Waals surface area (Å²) < 4.78 is 29.6. The van der Waals surface area contributed by atoms with Crippen molar-refractivity contribution in [2.45, 2.75) is 13.0 Å². The average Bonchev–Trinajstić information content (AvgIpc) is 2.75. The summed E-state index contributed by atoms with van der Waals surface area (Å²) in [5.41, 5.74) is 10.3. The van der Waals surface area contributed by atoms with Crippen LogP contribution in [-0.4, -0.2) is 24.5 Å². The van der Waals surface area contributed by atoms with Gasteiger partial charge in [0, 0.05) is 6.07 Å². The van der Waals surface area contributed by atoms with E-state index in [0.29, 0.717) is 0 Å². The number of hydrogen-bond donors (Lipinski definition) is 3. The molecule has 33 heavy (non-hydrogen) atoms. The molecule has 0 aliphatic rings. The van der Waals surface area contributed by atoms with Gasteiger partial charge in [-0.2, -0.15) is 15.2 Å². The molecule has 4 rings (SSSR count). The molecule has 0 saturated heterocycles. The van der Waals surface area contributed by atoms with Gasteiger partial charge >= 0.3 is 0 Å². The van der Waals surface area contributed by atoms with Crippen LogP contribution in [0.25, 0.3) is 16.6 Å². The molecule has 4 aromatic rings. The molecule has 0 radical (unpaired) electrons. The summed E-state index contributed by atoms with van der Waals surface area (Å²) in [5, 5.41) is 12.1. The van der Waals surface area contributed by atoms with Gasteiger partial charge in [0.25, 0.3) is 5.56 Å². The van der Waals surface area contributed by atoms with Crippen molar-refractivity contribution in [3.63, 3.8) is 0 Å². The summed E-state index contributed by atoms with van der Waals surface area (Å²) in [7, 11) is 0. The standard InChI is InChI=1S/C20H14ClF2N9O/c1-8(28-17-11(5-24)16(25)30-20(26)31-17)18-29-15-13(23)3-2-12(21)14(15)19(33)32(18)10-4-9(22)6-27-7-10/h2-4,6-8H,1H3,(H5,25,26,28,30,31). The highest BCUT2D eigenvalue weighted by Crippen LogP contribution is 2.27. The third kappa shape index (κ3) is 3.85. The first-order valence-corrected chi connectivity index (χ1v) is 9.70. The lowest BCUT2D eigenvalue weighted by Crippen LogP contribution is -2.28. The highest BCUT2D eigenvalue weighted by molar-refractivity contribution is 6.35. The SMILES string of the molecule is CC(Nc1nc(N)nc(N)c1C#N)c1nc2c(F)ccc(Cl)c2c(=O)n1-c1cncc(F)c1. The van der Waals surface area contributed by atoms with Gasteiger partial charge in [-0.3, -0.25) is 14.3 Å². The van der Waals surface area contributed by atoms with Crippen LogP contribution in [0.5, 0.6) is 0 Å². The molecule has 0 aliphatic heterocycles. The lowest BCUT2D eigenvalue weighted by Gasteiger charge is -2.21. The van der Waals surface area contributed by atoms with E-state index in [1.54, 1.807) is 6.92 Å². The van der Waals surface area contributed by atoms with Crippen LogP contribution in [-0.2, 0) is 0 Å². The van der Waals surface area contributed by atoms with E-state index in [0.717, 1.165) is 22.9 Å². The Kier molecular flexibility index (Phi) is 5.49. The van der Waals surface area contributed by atoms with Crippen LogP contribution in [0.4, 0.5) is 26.4 Å². The first-order chi connectivity index (χ1) is 15.7. The van der Waals surface area contributed by atoms with Gasteiger partial charge in [-0.1, -0.05) is 11.6 Å². The number of nitrogens with one attached hydrogen (secondary N) is 1. The molecule has 1 unspecified atom stereocenters. The number of nitrogens with zero attached hydrogens (tertiary/aromatic N) is 6. The van der Waals surface area contributed by atoms with Crippen LogP contribution < -0.4 is 22.3 Å². The highest BCUT2D eigenvalue weighted by atomic mass is 35.5. The summed E-state index contributed by atoms with van der Waals surface area (Å²) in [4.78, 5) is 29.2. The van der Waals surface area contributed by atoms with Gasteiger partial charge in [-0.25, -0.2) is 13.8 Å². The van der Waals surface area contributed by atoms with Crippen LogP contribution in [0.1, 0.15) is 24.4 Å². The molecular formula is C20H14ClF2N9O. The van der Waals surface area contributed by atoms with E-state index >= 15 is 0 Å². The Morgan fingerprint density at radius 1 is 1.21 bits per heavy atom. The van der Waals surface area contributed by atoms with Gasteiger partial charge in [-0.15, -0.1) is 0 Å². The first kappa shape index (κ1) is 21.8. The highest BCUT2D eigenvalue weighted by Gasteiger charge is 2.23. The Labute approximate surface area is 189 Å². The predicted molar refractivity (Wildman–Crippen MR) is 118 cm³/mol. The number of nitriles is 1. The maximum Gasteiger partial charge on any atom is 0.267 e. The smallest absolute Gasteiger partial charge is 0.267 e. The fourth-order valence-electron chi connectivity index (χ4n) is 3.28. The van der Waals surface area contributed by atoms with Crippen molar-refractivity contribution in [1.82, 2.24) is 24.5 Å². The molecule has 0 bridgehead atoms.